The monoisotopic (exact) mass is 269 g/mol. The summed E-state index contributed by atoms with van der Waals surface area (Å²) in [5, 5.41) is 20.1. The summed E-state index contributed by atoms with van der Waals surface area (Å²) in [4.78, 5) is 11.9. The maximum absolute atomic E-state index is 11.9. The molecule has 0 spiro atoms. The number of H-pyrrole nitrogens is 1. The maximum Gasteiger partial charge on any atom is 0.272 e. The third-order valence-corrected chi connectivity index (χ3v) is 2.64. The van der Waals surface area contributed by atoms with Crippen LogP contribution >= 0.6 is 0 Å². The quantitative estimate of drug-likeness (QED) is 0.710. The molecule has 0 atom stereocenters. The van der Waals surface area contributed by atoms with E-state index >= 15 is 0 Å². The van der Waals surface area contributed by atoms with Gasteiger partial charge in [-0.25, -0.2) is 4.68 Å². The van der Waals surface area contributed by atoms with Gasteiger partial charge in [0.1, 0.15) is 0 Å². The second-order valence-electron chi connectivity index (χ2n) is 3.99. The highest BCUT2D eigenvalue weighted by Gasteiger charge is 2.10. The third-order valence-electron chi connectivity index (χ3n) is 2.64. The van der Waals surface area contributed by atoms with Crippen molar-refractivity contribution in [2.45, 2.75) is 6.54 Å². The highest BCUT2D eigenvalue weighted by Crippen LogP contribution is 2.06. The Kier molecular flexibility index (Phi) is 3.19. The lowest BCUT2D eigenvalue weighted by molar-refractivity contribution is 0.0944. The van der Waals surface area contributed by atoms with E-state index in [4.69, 9.17) is 0 Å². The molecule has 8 heteroatoms. The first-order chi connectivity index (χ1) is 9.83. The average molecular weight is 269 g/mol. The van der Waals surface area contributed by atoms with Crippen molar-refractivity contribution < 1.29 is 4.79 Å². The number of carbonyl (C=O) groups is 1. The fraction of sp³-hybridized carbons (Fsp3) is 0.0833. The lowest BCUT2D eigenvalue weighted by Crippen LogP contribution is -2.24. The van der Waals surface area contributed by atoms with E-state index in [-0.39, 0.29) is 12.5 Å². The Bertz CT molecular complexity index is 690. The molecule has 0 bridgehead atoms. The van der Waals surface area contributed by atoms with Crippen LogP contribution in [0.1, 0.15) is 16.3 Å². The first-order valence-corrected chi connectivity index (χ1v) is 5.94. The molecule has 8 nitrogen and oxygen atoms in total. The number of amides is 1. The highest BCUT2D eigenvalue weighted by molar-refractivity contribution is 5.92. The number of hydrogen-bond donors (Lipinski definition) is 2. The number of benzene rings is 1. The minimum absolute atomic E-state index is 0.202. The van der Waals surface area contributed by atoms with Crippen LogP contribution in [-0.4, -0.2) is 36.3 Å². The first kappa shape index (κ1) is 12.0. The summed E-state index contributed by atoms with van der Waals surface area (Å²) >= 11 is 0. The summed E-state index contributed by atoms with van der Waals surface area (Å²) < 4.78 is 1.64. The van der Waals surface area contributed by atoms with Gasteiger partial charge in [-0.15, -0.1) is 10.2 Å². The van der Waals surface area contributed by atoms with Crippen LogP contribution in [0.2, 0.25) is 0 Å². The predicted octanol–water partition coefficient (Wildman–Crippen LogP) is 0.315. The van der Waals surface area contributed by atoms with Gasteiger partial charge in [0.05, 0.1) is 12.2 Å². The van der Waals surface area contributed by atoms with E-state index in [9.17, 15) is 4.79 Å². The molecule has 0 aliphatic heterocycles. The van der Waals surface area contributed by atoms with E-state index < -0.39 is 0 Å². The minimum atomic E-state index is -0.288. The normalized spacial score (nSPS) is 10.4. The Hall–Kier alpha value is -3.03. The number of hydrogen-bond acceptors (Lipinski definition) is 5. The van der Waals surface area contributed by atoms with Crippen LogP contribution in [0.15, 0.2) is 42.6 Å². The Labute approximate surface area is 113 Å². The third kappa shape index (κ3) is 2.53. The van der Waals surface area contributed by atoms with E-state index in [1.54, 1.807) is 16.9 Å². The van der Waals surface area contributed by atoms with Crippen molar-refractivity contribution in [2.24, 2.45) is 0 Å². The standard InChI is InChI=1S/C12H11N7O/c20-12(13-8-11-14-17-18-15-11)10-6-7-19(16-10)9-4-2-1-3-5-9/h1-7H,8H2,(H,13,20)(H,14,15,17,18). The average Bonchev–Trinajstić information content (AvgIpc) is 3.17. The molecular formula is C12H11N7O. The second kappa shape index (κ2) is 5.31. The number of rotatable bonds is 4. The van der Waals surface area contributed by atoms with Crippen LogP contribution in [0.5, 0.6) is 0 Å². The minimum Gasteiger partial charge on any atom is -0.343 e. The van der Waals surface area contributed by atoms with E-state index in [0.29, 0.717) is 11.5 Å². The van der Waals surface area contributed by atoms with Crippen molar-refractivity contribution in [3.05, 3.63) is 54.1 Å². The Morgan fingerprint density at radius 2 is 2.10 bits per heavy atom. The van der Waals surface area contributed by atoms with Crippen LogP contribution in [-0.2, 0) is 6.54 Å². The number of aromatic nitrogens is 6. The van der Waals surface area contributed by atoms with Crippen LogP contribution in [0.25, 0.3) is 5.69 Å². The molecule has 100 valence electrons. The van der Waals surface area contributed by atoms with Crippen molar-refractivity contribution >= 4 is 5.91 Å². The maximum atomic E-state index is 11.9. The molecule has 0 saturated carbocycles. The molecule has 1 aromatic carbocycles. The molecule has 3 aromatic rings. The van der Waals surface area contributed by atoms with E-state index in [1.165, 1.54) is 0 Å². The molecule has 0 aliphatic carbocycles. The molecule has 0 unspecified atom stereocenters. The van der Waals surface area contributed by atoms with Gasteiger partial charge in [-0.2, -0.15) is 10.3 Å². The molecule has 0 saturated heterocycles. The molecule has 0 fully saturated rings. The summed E-state index contributed by atoms with van der Waals surface area (Å²) in [5.74, 6) is 0.130. The van der Waals surface area contributed by atoms with Gasteiger partial charge >= 0.3 is 0 Å². The van der Waals surface area contributed by atoms with Crippen molar-refractivity contribution in [2.75, 3.05) is 0 Å². The fourth-order valence-electron chi connectivity index (χ4n) is 1.68. The van der Waals surface area contributed by atoms with Crippen LogP contribution in [0.4, 0.5) is 0 Å². The number of aromatic amines is 1. The number of nitrogens with zero attached hydrogens (tertiary/aromatic N) is 5. The molecule has 2 heterocycles. The first-order valence-electron chi connectivity index (χ1n) is 5.94. The Morgan fingerprint density at radius 3 is 2.85 bits per heavy atom. The highest BCUT2D eigenvalue weighted by atomic mass is 16.1. The van der Waals surface area contributed by atoms with Crippen LogP contribution in [0.3, 0.4) is 0 Å². The SMILES string of the molecule is O=C(NCc1nn[nH]n1)c1ccn(-c2ccccc2)n1. The zero-order valence-electron chi connectivity index (χ0n) is 10.4. The van der Waals surface area contributed by atoms with Gasteiger partial charge < -0.3 is 5.32 Å². The van der Waals surface area contributed by atoms with Crippen LogP contribution in [0, 0.1) is 0 Å². The van der Waals surface area contributed by atoms with E-state index in [2.05, 4.69) is 31.0 Å². The molecule has 2 aromatic heterocycles. The van der Waals surface area contributed by atoms with Crippen LogP contribution < -0.4 is 5.32 Å². The Morgan fingerprint density at radius 1 is 1.25 bits per heavy atom. The molecule has 3 rings (SSSR count). The Balaban J connectivity index is 1.69. The predicted molar refractivity (Wildman–Crippen MR) is 68.9 cm³/mol. The number of carbonyl (C=O) groups excluding carboxylic acids is 1. The van der Waals surface area contributed by atoms with E-state index in [1.807, 2.05) is 30.3 Å². The summed E-state index contributed by atoms with van der Waals surface area (Å²) in [7, 11) is 0. The van der Waals surface area contributed by atoms with Gasteiger partial charge in [-0.1, -0.05) is 23.4 Å². The lowest BCUT2D eigenvalue weighted by atomic mass is 10.3. The summed E-state index contributed by atoms with van der Waals surface area (Å²) in [6.45, 7) is 0.202. The molecular weight excluding hydrogens is 258 g/mol. The largest absolute Gasteiger partial charge is 0.343 e. The van der Waals surface area contributed by atoms with Gasteiger partial charge in [0.25, 0.3) is 5.91 Å². The number of tetrazole rings is 1. The van der Waals surface area contributed by atoms with E-state index in [0.717, 1.165) is 5.69 Å². The van der Waals surface area contributed by atoms with Crippen molar-refractivity contribution in [1.82, 2.24) is 35.7 Å². The van der Waals surface area contributed by atoms with Gasteiger partial charge in [0.2, 0.25) is 0 Å². The summed E-state index contributed by atoms with van der Waals surface area (Å²) in [5.41, 5.74) is 1.22. The van der Waals surface area contributed by atoms with Gasteiger partial charge in [-0.3, -0.25) is 4.79 Å². The van der Waals surface area contributed by atoms with Crippen molar-refractivity contribution in [3.8, 4) is 5.69 Å². The molecule has 1 amide bonds. The summed E-state index contributed by atoms with van der Waals surface area (Å²) in [6, 6.07) is 11.2. The molecule has 0 radical (unpaired) electrons. The summed E-state index contributed by atoms with van der Waals surface area (Å²) in [6.07, 6.45) is 1.73. The van der Waals surface area contributed by atoms with Gasteiger partial charge in [-0.05, 0) is 18.2 Å². The van der Waals surface area contributed by atoms with Crippen molar-refractivity contribution in [1.29, 1.82) is 0 Å². The van der Waals surface area contributed by atoms with Crippen molar-refractivity contribution in [3.63, 3.8) is 0 Å². The van der Waals surface area contributed by atoms with Gasteiger partial charge in [0.15, 0.2) is 11.5 Å². The topological polar surface area (TPSA) is 101 Å². The zero-order chi connectivity index (χ0) is 13.8. The smallest absolute Gasteiger partial charge is 0.272 e. The second-order valence-corrected chi connectivity index (χ2v) is 3.99. The molecule has 2 N–H and O–H groups in total. The lowest BCUT2D eigenvalue weighted by Gasteiger charge is -2.00. The molecule has 20 heavy (non-hydrogen) atoms. The number of para-hydroxylation sites is 1. The zero-order valence-corrected chi connectivity index (χ0v) is 10.4. The molecule has 0 aliphatic rings. The van der Waals surface area contributed by atoms with Gasteiger partial charge in [0, 0.05) is 6.20 Å². The fourth-order valence-corrected chi connectivity index (χ4v) is 1.68. The number of nitrogens with one attached hydrogen (secondary N) is 2.